The maximum atomic E-state index is 11.8. The van der Waals surface area contributed by atoms with Gasteiger partial charge in [0.05, 0.1) is 5.69 Å². The van der Waals surface area contributed by atoms with E-state index in [1.54, 1.807) is 17.4 Å². The molecule has 2 heterocycles. The van der Waals surface area contributed by atoms with Gasteiger partial charge in [-0.2, -0.15) is 5.10 Å². The first kappa shape index (κ1) is 14.5. The van der Waals surface area contributed by atoms with Gasteiger partial charge in [-0.3, -0.25) is 9.48 Å². The fourth-order valence-electron chi connectivity index (χ4n) is 2.01. The predicted octanol–water partition coefficient (Wildman–Crippen LogP) is 2.47. The minimum Gasteiger partial charge on any atom is -0.352 e. The van der Waals surface area contributed by atoms with E-state index in [1.807, 2.05) is 43.1 Å². The van der Waals surface area contributed by atoms with Crippen molar-refractivity contribution in [1.29, 1.82) is 0 Å². The van der Waals surface area contributed by atoms with Crippen LogP contribution in [0.4, 0.5) is 0 Å². The number of hydrogen-bond acceptors (Lipinski definition) is 3. The SMILES string of the molecule is Cc1nn(C)c(C)c1/C=C/C(=O)NCCc1cccs1. The third kappa shape index (κ3) is 3.57. The molecule has 0 aliphatic rings. The number of amides is 1. The molecule has 0 aliphatic heterocycles. The summed E-state index contributed by atoms with van der Waals surface area (Å²) in [5.74, 6) is -0.0655. The fraction of sp³-hybridized carbons (Fsp3) is 0.333. The van der Waals surface area contributed by atoms with Gasteiger partial charge >= 0.3 is 0 Å². The van der Waals surface area contributed by atoms with E-state index in [9.17, 15) is 4.79 Å². The van der Waals surface area contributed by atoms with Gasteiger partial charge in [-0.15, -0.1) is 11.3 Å². The second-order valence-electron chi connectivity index (χ2n) is 4.66. The Balaban J connectivity index is 1.86. The maximum Gasteiger partial charge on any atom is 0.244 e. The van der Waals surface area contributed by atoms with Gasteiger partial charge < -0.3 is 5.32 Å². The van der Waals surface area contributed by atoms with Crippen LogP contribution >= 0.6 is 11.3 Å². The molecular formula is C15H19N3OS. The van der Waals surface area contributed by atoms with Crippen molar-refractivity contribution in [1.82, 2.24) is 15.1 Å². The van der Waals surface area contributed by atoms with Crippen LogP contribution in [0.5, 0.6) is 0 Å². The van der Waals surface area contributed by atoms with Crippen LogP contribution in [0.2, 0.25) is 0 Å². The molecule has 0 bridgehead atoms. The molecule has 20 heavy (non-hydrogen) atoms. The van der Waals surface area contributed by atoms with E-state index < -0.39 is 0 Å². The van der Waals surface area contributed by atoms with Crippen LogP contribution in [0.25, 0.3) is 6.08 Å². The molecule has 0 spiro atoms. The molecular weight excluding hydrogens is 270 g/mol. The van der Waals surface area contributed by atoms with E-state index in [4.69, 9.17) is 0 Å². The van der Waals surface area contributed by atoms with Crippen molar-refractivity contribution in [3.05, 3.63) is 45.4 Å². The lowest BCUT2D eigenvalue weighted by molar-refractivity contribution is -0.116. The molecule has 5 heteroatoms. The molecule has 0 saturated carbocycles. The summed E-state index contributed by atoms with van der Waals surface area (Å²) in [6.45, 7) is 4.60. The first-order valence-electron chi connectivity index (χ1n) is 6.56. The van der Waals surface area contributed by atoms with E-state index in [0.29, 0.717) is 6.54 Å². The van der Waals surface area contributed by atoms with Gasteiger partial charge in [-0.05, 0) is 37.8 Å². The van der Waals surface area contributed by atoms with E-state index >= 15 is 0 Å². The van der Waals surface area contributed by atoms with E-state index in [0.717, 1.165) is 23.4 Å². The second kappa shape index (κ2) is 6.52. The van der Waals surface area contributed by atoms with Crippen molar-refractivity contribution in [2.75, 3.05) is 6.54 Å². The summed E-state index contributed by atoms with van der Waals surface area (Å²) < 4.78 is 1.82. The summed E-state index contributed by atoms with van der Waals surface area (Å²) in [6.07, 6.45) is 4.28. The smallest absolute Gasteiger partial charge is 0.244 e. The maximum absolute atomic E-state index is 11.8. The summed E-state index contributed by atoms with van der Waals surface area (Å²) >= 11 is 1.71. The van der Waals surface area contributed by atoms with Crippen LogP contribution < -0.4 is 5.32 Å². The Morgan fingerprint density at radius 3 is 2.90 bits per heavy atom. The third-order valence-electron chi connectivity index (χ3n) is 3.22. The number of nitrogens with one attached hydrogen (secondary N) is 1. The van der Waals surface area contributed by atoms with E-state index in [2.05, 4.69) is 16.5 Å². The largest absolute Gasteiger partial charge is 0.352 e. The molecule has 106 valence electrons. The summed E-state index contributed by atoms with van der Waals surface area (Å²) in [5.41, 5.74) is 3.01. The van der Waals surface area contributed by atoms with Crippen molar-refractivity contribution >= 4 is 23.3 Å². The molecule has 0 aliphatic carbocycles. The molecule has 2 aromatic rings. The van der Waals surface area contributed by atoms with Crippen molar-refractivity contribution in [3.63, 3.8) is 0 Å². The minimum absolute atomic E-state index is 0.0655. The Kier molecular flexibility index (Phi) is 4.74. The minimum atomic E-state index is -0.0655. The van der Waals surface area contributed by atoms with Crippen molar-refractivity contribution in [3.8, 4) is 0 Å². The number of rotatable bonds is 5. The molecule has 0 radical (unpaired) electrons. The number of nitrogens with zero attached hydrogens (tertiary/aromatic N) is 2. The van der Waals surface area contributed by atoms with Crippen LogP contribution in [0.3, 0.4) is 0 Å². The average Bonchev–Trinajstić information content (AvgIpc) is 2.98. The van der Waals surface area contributed by atoms with Gasteiger partial charge in [0.25, 0.3) is 0 Å². The molecule has 0 saturated heterocycles. The molecule has 0 atom stereocenters. The fourth-order valence-corrected chi connectivity index (χ4v) is 2.72. The number of aryl methyl sites for hydroxylation is 2. The summed E-state index contributed by atoms with van der Waals surface area (Å²) in [4.78, 5) is 13.0. The molecule has 1 amide bonds. The normalized spacial score (nSPS) is 11.2. The Bertz CT molecular complexity index is 611. The number of aromatic nitrogens is 2. The van der Waals surface area contributed by atoms with E-state index in [-0.39, 0.29) is 5.91 Å². The quantitative estimate of drug-likeness (QED) is 0.860. The van der Waals surface area contributed by atoms with Gasteiger partial charge in [0.15, 0.2) is 0 Å². The Labute approximate surface area is 123 Å². The topological polar surface area (TPSA) is 46.9 Å². The highest BCUT2D eigenvalue weighted by Crippen LogP contribution is 2.13. The van der Waals surface area contributed by atoms with Gasteiger partial charge in [-0.1, -0.05) is 6.07 Å². The van der Waals surface area contributed by atoms with Crippen LogP contribution in [0, 0.1) is 13.8 Å². The number of carbonyl (C=O) groups excluding carboxylic acids is 1. The Morgan fingerprint density at radius 1 is 1.50 bits per heavy atom. The lowest BCUT2D eigenvalue weighted by atomic mass is 10.2. The zero-order chi connectivity index (χ0) is 14.5. The summed E-state index contributed by atoms with van der Waals surface area (Å²) in [5, 5.41) is 9.26. The zero-order valence-corrected chi connectivity index (χ0v) is 12.8. The highest BCUT2D eigenvalue weighted by molar-refractivity contribution is 7.09. The third-order valence-corrected chi connectivity index (χ3v) is 4.15. The standard InChI is InChI=1S/C15H19N3OS/c1-11-14(12(2)18(3)17-11)6-7-15(19)16-9-8-13-5-4-10-20-13/h4-7,10H,8-9H2,1-3H3,(H,16,19)/b7-6+. The Hall–Kier alpha value is -1.88. The van der Waals surface area contributed by atoms with Crippen molar-refractivity contribution in [2.45, 2.75) is 20.3 Å². The van der Waals surface area contributed by atoms with Gasteiger partial charge in [-0.25, -0.2) is 0 Å². The zero-order valence-electron chi connectivity index (χ0n) is 12.0. The number of hydrogen-bond donors (Lipinski definition) is 1. The summed E-state index contributed by atoms with van der Waals surface area (Å²) in [7, 11) is 1.90. The molecule has 1 N–H and O–H groups in total. The first-order chi connectivity index (χ1) is 9.58. The molecule has 2 rings (SSSR count). The van der Waals surface area contributed by atoms with Gasteiger partial charge in [0, 0.05) is 35.8 Å². The second-order valence-corrected chi connectivity index (χ2v) is 5.69. The number of thiophene rings is 1. The van der Waals surface area contributed by atoms with Crippen LogP contribution in [0.15, 0.2) is 23.6 Å². The highest BCUT2D eigenvalue weighted by Gasteiger charge is 2.06. The van der Waals surface area contributed by atoms with E-state index in [1.165, 1.54) is 4.88 Å². The first-order valence-corrected chi connectivity index (χ1v) is 7.44. The van der Waals surface area contributed by atoms with Crippen LogP contribution in [-0.4, -0.2) is 22.2 Å². The molecule has 4 nitrogen and oxygen atoms in total. The van der Waals surface area contributed by atoms with Crippen molar-refractivity contribution in [2.24, 2.45) is 7.05 Å². The predicted molar refractivity (Wildman–Crippen MR) is 82.7 cm³/mol. The summed E-state index contributed by atoms with van der Waals surface area (Å²) in [6, 6.07) is 4.10. The van der Waals surface area contributed by atoms with Crippen LogP contribution in [0.1, 0.15) is 21.8 Å². The average molecular weight is 289 g/mol. The lowest BCUT2D eigenvalue weighted by Crippen LogP contribution is -2.23. The molecule has 0 fully saturated rings. The van der Waals surface area contributed by atoms with Crippen LogP contribution in [-0.2, 0) is 18.3 Å². The van der Waals surface area contributed by atoms with Gasteiger partial charge in [0.2, 0.25) is 5.91 Å². The molecule has 2 aromatic heterocycles. The highest BCUT2D eigenvalue weighted by atomic mass is 32.1. The lowest BCUT2D eigenvalue weighted by Gasteiger charge is -2.00. The molecule has 0 unspecified atom stereocenters. The monoisotopic (exact) mass is 289 g/mol. The number of carbonyl (C=O) groups is 1. The molecule has 0 aromatic carbocycles. The van der Waals surface area contributed by atoms with Gasteiger partial charge in [0.1, 0.15) is 0 Å². The van der Waals surface area contributed by atoms with Crippen molar-refractivity contribution < 1.29 is 4.79 Å². The Morgan fingerprint density at radius 2 is 2.30 bits per heavy atom.